The molecular weight excluding hydrogens is 460 g/mol. The molecule has 0 unspecified atom stereocenters. The lowest BCUT2D eigenvalue weighted by Crippen LogP contribution is -2.37. The van der Waals surface area contributed by atoms with Gasteiger partial charge in [0.2, 0.25) is 0 Å². The molecule has 1 rings (SSSR count). The van der Waals surface area contributed by atoms with Crippen molar-refractivity contribution in [2.24, 2.45) is 0 Å². The maximum Gasteiger partial charge on any atom is 0.256 e. The maximum atomic E-state index is 2.61. The molecule has 0 bridgehead atoms. The Morgan fingerprint density at radius 1 is 0.447 bits per heavy atom. The zero-order valence-electron chi connectivity index (χ0n) is 26.8. The van der Waals surface area contributed by atoms with Crippen molar-refractivity contribution in [3.05, 3.63) is 18.2 Å². The van der Waals surface area contributed by atoms with Crippen molar-refractivity contribution in [2.45, 2.75) is 214 Å². The maximum absolute atomic E-state index is 2.61. The molecule has 0 fully saturated rings. The van der Waals surface area contributed by atoms with Crippen molar-refractivity contribution in [1.29, 1.82) is 0 Å². The second kappa shape index (κ2) is 27.8. The second-order valence-corrected chi connectivity index (χ2v) is 12.3. The van der Waals surface area contributed by atoms with Gasteiger partial charge in [0.25, 0.3) is 5.82 Å². The normalized spacial score (nSPS) is 11.6. The molecule has 0 saturated carbocycles. The number of aromatic nitrogens is 2. The van der Waals surface area contributed by atoms with Crippen molar-refractivity contribution >= 4 is 0 Å². The minimum Gasteiger partial charge on any atom is -0.234 e. The molecule has 0 aliphatic heterocycles. The number of imidazole rings is 1. The molecule has 0 spiro atoms. The average molecular weight is 532 g/mol. The van der Waals surface area contributed by atoms with Crippen LogP contribution < -0.4 is 4.57 Å². The Hall–Kier alpha value is -0.790. The molecule has 2 nitrogen and oxygen atoms in total. The van der Waals surface area contributed by atoms with E-state index < -0.39 is 0 Å². The van der Waals surface area contributed by atoms with Gasteiger partial charge in [-0.1, -0.05) is 162 Å². The fraction of sp³-hybridized carbons (Fsp3) is 0.917. The Morgan fingerprint density at radius 2 is 0.816 bits per heavy atom. The zero-order chi connectivity index (χ0) is 27.4. The highest BCUT2D eigenvalue weighted by atomic mass is 15.1. The first-order valence-electron chi connectivity index (χ1n) is 17.9. The van der Waals surface area contributed by atoms with Crippen LogP contribution in [0.25, 0.3) is 0 Å². The Labute approximate surface area is 240 Å². The summed E-state index contributed by atoms with van der Waals surface area (Å²) >= 11 is 0. The van der Waals surface area contributed by atoms with Crippen LogP contribution in [-0.2, 0) is 19.5 Å². The minimum atomic E-state index is 1.21. The number of hydrogen-bond acceptors (Lipinski definition) is 0. The van der Waals surface area contributed by atoms with Crippen LogP contribution in [0.3, 0.4) is 0 Å². The highest BCUT2D eigenvalue weighted by Crippen LogP contribution is 2.15. The molecule has 38 heavy (non-hydrogen) atoms. The van der Waals surface area contributed by atoms with Crippen LogP contribution >= 0.6 is 0 Å². The lowest BCUT2D eigenvalue weighted by molar-refractivity contribution is -0.704. The Bertz CT molecular complexity index is 590. The summed E-state index contributed by atoms with van der Waals surface area (Å²) in [6.07, 6.45) is 44.5. The summed E-state index contributed by atoms with van der Waals surface area (Å²) < 4.78 is 5.19. The summed E-state index contributed by atoms with van der Waals surface area (Å²) in [6.45, 7) is 9.37. The highest BCUT2D eigenvalue weighted by Gasteiger charge is 2.16. The first kappa shape index (κ1) is 35.2. The molecule has 0 amide bonds. The van der Waals surface area contributed by atoms with Gasteiger partial charge in [0.15, 0.2) is 0 Å². The first-order chi connectivity index (χ1) is 18.8. The summed E-state index contributed by atoms with van der Waals surface area (Å²) in [5, 5.41) is 0. The Morgan fingerprint density at radius 3 is 1.26 bits per heavy atom. The SMILES string of the molecule is CCCCCCCCCCCCCCCCCCCn1cc[n+](CCCCC)c1CCCCCCCCC. The quantitative estimate of drug-likeness (QED) is 0.0689. The van der Waals surface area contributed by atoms with Crippen LogP contribution in [0.15, 0.2) is 12.4 Å². The van der Waals surface area contributed by atoms with Gasteiger partial charge in [0.05, 0.1) is 13.1 Å². The summed E-state index contributed by atoms with van der Waals surface area (Å²) in [6, 6.07) is 0. The number of nitrogens with zero attached hydrogens (tertiary/aromatic N) is 2. The van der Waals surface area contributed by atoms with Gasteiger partial charge in [-0.05, 0) is 32.1 Å². The van der Waals surface area contributed by atoms with E-state index in [0.29, 0.717) is 0 Å². The summed E-state index contributed by atoms with van der Waals surface area (Å²) in [5.41, 5.74) is 0. The highest BCUT2D eigenvalue weighted by molar-refractivity contribution is 4.84. The zero-order valence-corrected chi connectivity index (χ0v) is 26.8. The van der Waals surface area contributed by atoms with Crippen molar-refractivity contribution < 1.29 is 4.57 Å². The third-order valence-electron chi connectivity index (χ3n) is 8.60. The van der Waals surface area contributed by atoms with E-state index in [4.69, 9.17) is 0 Å². The fourth-order valence-electron chi connectivity index (χ4n) is 5.97. The molecule has 1 aromatic rings. The molecule has 1 aromatic heterocycles. The molecule has 0 atom stereocenters. The van der Waals surface area contributed by atoms with Crippen LogP contribution in [0.5, 0.6) is 0 Å². The van der Waals surface area contributed by atoms with Gasteiger partial charge in [-0.15, -0.1) is 0 Å². The number of unbranched alkanes of at least 4 members (excludes halogenated alkanes) is 24. The Kier molecular flexibility index (Phi) is 25.7. The third kappa shape index (κ3) is 20.2. The monoisotopic (exact) mass is 532 g/mol. The van der Waals surface area contributed by atoms with Crippen LogP contribution in [0.4, 0.5) is 0 Å². The van der Waals surface area contributed by atoms with Gasteiger partial charge in [0, 0.05) is 6.42 Å². The van der Waals surface area contributed by atoms with Crippen molar-refractivity contribution in [3.8, 4) is 0 Å². The molecule has 0 N–H and O–H groups in total. The van der Waals surface area contributed by atoms with E-state index in [1.54, 1.807) is 5.82 Å². The van der Waals surface area contributed by atoms with Crippen LogP contribution in [0.2, 0.25) is 0 Å². The largest absolute Gasteiger partial charge is 0.256 e. The molecule has 1 heterocycles. The van der Waals surface area contributed by atoms with Gasteiger partial charge >= 0.3 is 0 Å². The van der Waals surface area contributed by atoms with Gasteiger partial charge < -0.3 is 0 Å². The average Bonchev–Trinajstić information content (AvgIpc) is 3.31. The summed E-state index contributed by atoms with van der Waals surface area (Å²) in [4.78, 5) is 0. The van der Waals surface area contributed by atoms with Crippen molar-refractivity contribution in [1.82, 2.24) is 4.57 Å². The third-order valence-corrected chi connectivity index (χ3v) is 8.60. The first-order valence-corrected chi connectivity index (χ1v) is 17.9. The second-order valence-electron chi connectivity index (χ2n) is 12.3. The lowest BCUT2D eigenvalue weighted by atomic mass is 10.0. The van der Waals surface area contributed by atoms with Gasteiger partial charge in [0.1, 0.15) is 12.4 Å². The number of aryl methyl sites for hydroxylation is 2. The number of rotatable bonds is 30. The van der Waals surface area contributed by atoms with Gasteiger partial charge in [-0.3, -0.25) is 0 Å². The van der Waals surface area contributed by atoms with Crippen LogP contribution in [0.1, 0.15) is 200 Å². The molecule has 0 aromatic carbocycles. The number of hydrogen-bond donors (Lipinski definition) is 0. The van der Waals surface area contributed by atoms with E-state index in [-0.39, 0.29) is 0 Å². The van der Waals surface area contributed by atoms with Crippen molar-refractivity contribution in [2.75, 3.05) is 0 Å². The minimum absolute atomic E-state index is 1.21. The van der Waals surface area contributed by atoms with Gasteiger partial charge in [-0.2, -0.15) is 0 Å². The predicted octanol–water partition coefficient (Wildman–Crippen LogP) is 11.9. The summed E-state index contributed by atoms with van der Waals surface area (Å²) in [7, 11) is 0. The van der Waals surface area contributed by atoms with E-state index in [9.17, 15) is 0 Å². The molecular formula is C36H71N2+. The molecule has 0 aliphatic carbocycles. The van der Waals surface area contributed by atoms with Gasteiger partial charge in [-0.25, -0.2) is 9.13 Å². The Balaban J connectivity index is 2.09. The molecule has 0 aliphatic rings. The molecule has 224 valence electrons. The smallest absolute Gasteiger partial charge is 0.234 e. The van der Waals surface area contributed by atoms with Crippen molar-refractivity contribution in [3.63, 3.8) is 0 Å². The van der Waals surface area contributed by atoms with E-state index in [0.717, 1.165) is 0 Å². The van der Waals surface area contributed by atoms with E-state index in [1.807, 2.05) is 0 Å². The standard InChI is InChI=1S/C36H71N2/c1-4-7-10-12-14-15-16-17-18-19-20-21-22-23-25-27-30-33-38-35-34-37(32-29-9-6-3)36(38)31-28-26-24-13-11-8-5-2/h34-35H,4-33H2,1-3H3/q+1. The van der Waals surface area contributed by atoms with Crippen LogP contribution in [-0.4, -0.2) is 4.57 Å². The van der Waals surface area contributed by atoms with Crippen LogP contribution in [0, 0.1) is 0 Å². The molecule has 0 saturated heterocycles. The fourth-order valence-corrected chi connectivity index (χ4v) is 5.97. The molecule has 2 heteroatoms. The van der Waals surface area contributed by atoms with E-state index in [2.05, 4.69) is 42.3 Å². The lowest BCUT2D eigenvalue weighted by Gasteiger charge is -2.07. The van der Waals surface area contributed by atoms with E-state index in [1.165, 1.54) is 193 Å². The molecule has 0 radical (unpaired) electrons. The van der Waals surface area contributed by atoms with E-state index >= 15 is 0 Å². The summed E-state index contributed by atoms with van der Waals surface area (Å²) in [5.74, 6) is 1.60. The topological polar surface area (TPSA) is 8.81 Å². The predicted molar refractivity (Wildman–Crippen MR) is 170 cm³/mol.